The first-order valence-corrected chi connectivity index (χ1v) is 6.30. The molecule has 17 heavy (non-hydrogen) atoms. The predicted molar refractivity (Wildman–Crippen MR) is 68.2 cm³/mol. The molecule has 3 heteroatoms. The summed E-state index contributed by atoms with van der Waals surface area (Å²) in [6.07, 6.45) is 0.314. The lowest BCUT2D eigenvalue weighted by Gasteiger charge is -2.38. The minimum Gasteiger partial charge on any atom is -0.486 e. The lowest BCUT2D eigenvalue weighted by molar-refractivity contribution is -0.0324. The highest BCUT2D eigenvalue weighted by molar-refractivity contribution is 5.21. The van der Waals surface area contributed by atoms with Crippen LogP contribution < -0.4 is 4.74 Å². The fourth-order valence-electron chi connectivity index (χ4n) is 2.19. The Morgan fingerprint density at radius 1 is 1.29 bits per heavy atom. The van der Waals surface area contributed by atoms with E-state index in [9.17, 15) is 5.11 Å². The number of benzene rings is 1. The van der Waals surface area contributed by atoms with Gasteiger partial charge in [0.2, 0.25) is 0 Å². The standard InChI is InChI=1S/C14H21NO2/c1-11(2)15-9-8-13(16)14(10-15)17-12-6-4-3-5-7-12/h3-7,11,13-14,16H,8-10H2,1-2H3/t13-,14+/m0/s1. The Morgan fingerprint density at radius 3 is 2.65 bits per heavy atom. The van der Waals surface area contributed by atoms with Crippen molar-refractivity contribution >= 4 is 0 Å². The summed E-state index contributed by atoms with van der Waals surface area (Å²) in [6, 6.07) is 10.2. The van der Waals surface area contributed by atoms with E-state index in [1.807, 2.05) is 30.3 Å². The molecular formula is C14H21NO2. The van der Waals surface area contributed by atoms with Gasteiger partial charge in [-0.05, 0) is 32.4 Å². The molecule has 0 radical (unpaired) electrons. The van der Waals surface area contributed by atoms with Crippen LogP contribution in [0.1, 0.15) is 20.3 Å². The summed E-state index contributed by atoms with van der Waals surface area (Å²) in [4.78, 5) is 2.35. The van der Waals surface area contributed by atoms with E-state index in [0.29, 0.717) is 6.04 Å². The molecule has 1 aromatic rings. The average Bonchev–Trinajstić information content (AvgIpc) is 2.33. The highest BCUT2D eigenvalue weighted by atomic mass is 16.5. The zero-order valence-corrected chi connectivity index (χ0v) is 10.5. The summed E-state index contributed by atoms with van der Waals surface area (Å²) in [6.45, 7) is 6.11. The Bertz CT molecular complexity index is 339. The molecule has 0 spiro atoms. The number of nitrogens with zero attached hydrogens (tertiary/aromatic N) is 1. The van der Waals surface area contributed by atoms with E-state index in [1.54, 1.807) is 0 Å². The maximum Gasteiger partial charge on any atom is 0.137 e. The quantitative estimate of drug-likeness (QED) is 0.868. The lowest BCUT2D eigenvalue weighted by Crippen LogP contribution is -2.51. The molecule has 2 atom stereocenters. The van der Waals surface area contributed by atoms with E-state index in [1.165, 1.54) is 0 Å². The Labute approximate surface area is 103 Å². The van der Waals surface area contributed by atoms with Crippen molar-refractivity contribution in [1.82, 2.24) is 4.90 Å². The van der Waals surface area contributed by atoms with Crippen molar-refractivity contribution in [2.75, 3.05) is 13.1 Å². The molecule has 0 aromatic heterocycles. The van der Waals surface area contributed by atoms with Gasteiger partial charge < -0.3 is 9.84 Å². The third-order valence-corrected chi connectivity index (χ3v) is 3.32. The molecule has 1 saturated heterocycles. The van der Waals surface area contributed by atoms with E-state index < -0.39 is 0 Å². The van der Waals surface area contributed by atoms with E-state index >= 15 is 0 Å². The van der Waals surface area contributed by atoms with Gasteiger partial charge in [-0.25, -0.2) is 0 Å². The number of rotatable bonds is 3. The van der Waals surface area contributed by atoms with Crippen LogP contribution in [0, 0.1) is 0 Å². The maximum absolute atomic E-state index is 9.98. The molecule has 1 N–H and O–H groups in total. The first-order valence-electron chi connectivity index (χ1n) is 6.30. The number of ether oxygens (including phenoxy) is 1. The maximum atomic E-state index is 9.98. The summed E-state index contributed by atoms with van der Waals surface area (Å²) in [5, 5.41) is 9.98. The molecule has 1 heterocycles. The van der Waals surface area contributed by atoms with Crippen molar-refractivity contribution in [2.45, 2.75) is 38.5 Å². The van der Waals surface area contributed by atoms with Crippen molar-refractivity contribution in [1.29, 1.82) is 0 Å². The SMILES string of the molecule is CC(C)N1CC[C@H](O)[C@H](Oc2ccccc2)C1. The van der Waals surface area contributed by atoms with Crippen molar-refractivity contribution < 1.29 is 9.84 Å². The van der Waals surface area contributed by atoms with Gasteiger partial charge in [-0.2, -0.15) is 0 Å². The van der Waals surface area contributed by atoms with Crippen molar-refractivity contribution in [3.63, 3.8) is 0 Å². The summed E-state index contributed by atoms with van der Waals surface area (Å²) in [5.41, 5.74) is 0. The minimum atomic E-state index is -0.356. The molecule has 0 bridgehead atoms. The first kappa shape index (κ1) is 12.4. The zero-order chi connectivity index (χ0) is 12.3. The van der Waals surface area contributed by atoms with Crippen LogP contribution in [0.25, 0.3) is 0 Å². The second-order valence-electron chi connectivity index (χ2n) is 4.91. The summed E-state index contributed by atoms with van der Waals surface area (Å²) in [7, 11) is 0. The van der Waals surface area contributed by atoms with E-state index in [0.717, 1.165) is 25.3 Å². The lowest BCUT2D eigenvalue weighted by atomic mass is 10.0. The van der Waals surface area contributed by atoms with Crippen molar-refractivity contribution in [2.24, 2.45) is 0 Å². The van der Waals surface area contributed by atoms with E-state index in [2.05, 4.69) is 18.7 Å². The number of hydrogen-bond donors (Lipinski definition) is 1. The molecule has 1 aromatic carbocycles. The topological polar surface area (TPSA) is 32.7 Å². The van der Waals surface area contributed by atoms with E-state index in [4.69, 9.17) is 4.74 Å². The van der Waals surface area contributed by atoms with Gasteiger partial charge in [0.05, 0.1) is 6.10 Å². The molecule has 3 nitrogen and oxygen atoms in total. The highest BCUT2D eigenvalue weighted by Gasteiger charge is 2.30. The highest BCUT2D eigenvalue weighted by Crippen LogP contribution is 2.19. The Morgan fingerprint density at radius 2 is 2.00 bits per heavy atom. The number of aliphatic hydroxyl groups is 1. The van der Waals surface area contributed by atoms with Crippen molar-refractivity contribution in [3.05, 3.63) is 30.3 Å². The molecule has 0 aliphatic carbocycles. The van der Waals surface area contributed by atoms with Crippen LogP contribution in [0.5, 0.6) is 5.75 Å². The van der Waals surface area contributed by atoms with Crippen molar-refractivity contribution in [3.8, 4) is 5.75 Å². The van der Waals surface area contributed by atoms with Crippen LogP contribution in [0.4, 0.5) is 0 Å². The van der Waals surface area contributed by atoms with E-state index in [-0.39, 0.29) is 12.2 Å². The Balaban J connectivity index is 1.99. The van der Waals surface area contributed by atoms with Gasteiger partial charge >= 0.3 is 0 Å². The second-order valence-corrected chi connectivity index (χ2v) is 4.91. The smallest absolute Gasteiger partial charge is 0.137 e. The van der Waals surface area contributed by atoms with Crippen LogP contribution >= 0.6 is 0 Å². The van der Waals surface area contributed by atoms with Gasteiger partial charge in [-0.3, -0.25) is 4.90 Å². The number of para-hydroxylation sites is 1. The number of hydrogen-bond acceptors (Lipinski definition) is 3. The molecule has 1 aliphatic heterocycles. The predicted octanol–water partition coefficient (Wildman–Crippen LogP) is 1.91. The van der Waals surface area contributed by atoms with Crippen LogP contribution in [0.15, 0.2) is 30.3 Å². The summed E-state index contributed by atoms with van der Waals surface area (Å²) >= 11 is 0. The molecule has 94 valence electrons. The van der Waals surface area contributed by atoms with Crippen LogP contribution in [-0.4, -0.2) is 41.3 Å². The normalized spacial score (nSPS) is 26.1. The molecule has 1 aliphatic rings. The van der Waals surface area contributed by atoms with Crippen LogP contribution in [0.3, 0.4) is 0 Å². The van der Waals surface area contributed by atoms with Crippen LogP contribution in [0.2, 0.25) is 0 Å². The third kappa shape index (κ3) is 3.20. The third-order valence-electron chi connectivity index (χ3n) is 3.32. The Kier molecular flexibility index (Phi) is 4.02. The second kappa shape index (κ2) is 5.52. The van der Waals surface area contributed by atoms with Gasteiger partial charge in [0.15, 0.2) is 0 Å². The Hall–Kier alpha value is -1.06. The monoisotopic (exact) mass is 235 g/mol. The fourth-order valence-corrected chi connectivity index (χ4v) is 2.19. The number of piperidine rings is 1. The molecular weight excluding hydrogens is 214 g/mol. The molecule has 0 unspecified atom stereocenters. The minimum absolute atomic E-state index is 0.117. The van der Waals surface area contributed by atoms with Gasteiger partial charge in [0, 0.05) is 19.1 Å². The van der Waals surface area contributed by atoms with Gasteiger partial charge in [-0.15, -0.1) is 0 Å². The molecule has 2 rings (SSSR count). The number of aliphatic hydroxyl groups excluding tert-OH is 1. The zero-order valence-electron chi connectivity index (χ0n) is 10.5. The van der Waals surface area contributed by atoms with Crippen LogP contribution in [-0.2, 0) is 0 Å². The molecule has 0 amide bonds. The summed E-state index contributed by atoms with van der Waals surface area (Å²) < 4.78 is 5.86. The van der Waals surface area contributed by atoms with Gasteiger partial charge in [0.1, 0.15) is 11.9 Å². The van der Waals surface area contributed by atoms with Gasteiger partial charge in [0.25, 0.3) is 0 Å². The molecule has 0 saturated carbocycles. The molecule has 1 fully saturated rings. The first-order chi connectivity index (χ1) is 8.16. The average molecular weight is 235 g/mol. The fraction of sp³-hybridized carbons (Fsp3) is 0.571. The summed E-state index contributed by atoms with van der Waals surface area (Å²) in [5.74, 6) is 0.835. The van der Waals surface area contributed by atoms with Gasteiger partial charge in [-0.1, -0.05) is 18.2 Å². The number of likely N-dealkylation sites (tertiary alicyclic amines) is 1. The largest absolute Gasteiger partial charge is 0.486 e.